The fourth-order valence-electron chi connectivity index (χ4n) is 3.07. The first-order valence-corrected chi connectivity index (χ1v) is 9.60. The van der Waals surface area contributed by atoms with Crippen molar-refractivity contribution in [3.05, 3.63) is 59.7 Å². The lowest BCUT2D eigenvalue weighted by molar-refractivity contribution is 0.0858. The monoisotopic (exact) mass is 382 g/mol. The fourth-order valence-corrected chi connectivity index (χ4v) is 3.07. The molecule has 1 aliphatic heterocycles. The number of hydrogen-bond acceptors (Lipinski definition) is 4. The highest BCUT2D eigenvalue weighted by Crippen LogP contribution is 2.19. The molecule has 0 bridgehead atoms. The lowest BCUT2D eigenvalue weighted by Gasteiger charge is -2.14. The Labute approximate surface area is 165 Å². The van der Waals surface area contributed by atoms with Crippen LogP contribution in [0.15, 0.2) is 48.5 Å². The maximum Gasteiger partial charge on any atom is 0.255 e. The summed E-state index contributed by atoms with van der Waals surface area (Å²) in [6, 6.07) is 13.9. The average molecular weight is 382 g/mol. The average Bonchev–Trinajstić information content (AvgIpc) is 3.20. The molecule has 6 nitrogen and oxygen atoms in total. The molecule has 0 aromatic heterocycles. The Hall–Kier alpha value is -2.86. The van der Waals surface area contributed by atoms with Crippen LogP contribution in [-0.2, 0) is 4.74 Å². The molecule has 2 aromatic rings. The molecule has 1 fully saturated rings. The zero-order valence-corrected chi connectivity index (χ0v) is 16.2. The lowest BCUT2D eigenvalue weighted by Crippen LogP contribution is -2.32. The molecule has 0 aliphatic carbocycles. The van der Waals surface area contributed by atoms with Crippen molar-refractivity contribution in [3.63, 3.8) is 0 Å². The highest BCUT2D eigenvalue weighted by molar-refractivity contribution is 6.09. The standard InChI is InChI=1S/C22H26N2O4/c1-15(2)28-17-8-5-7-16(13-17)21(25)24-20-11-4-3-10-19(20)22(26)23-14-18-9-6-12-27-18/h3-5,7-8,10-11,13,15,18H,6,9,12,14H2,1-2H3,(H,23,26)(H,24,25). The molecular weight excluding hydrogens is 356 g/mol. The van der Waals surface area contributed by atoms with Gasteiger partial charge in [-0.3, -0.25) is 9.59 Å². The third-order valence-electron chi connectivity index (χ3n) is 4.40. The van der Waals surface area contributed by atoms with Crippen LogP contribution < -0.4 is 15.4 Å². The van der Waals surface area contributed by atoms with E-state index in [0.717, 1.165) is 19.4 Å². The molecule has 3 rings (SSSR count). The predicted molar refractivity (Wildman–Crippen MR) is 108 cm³/mol. The summed E-state index contributed by atoms with van der Waals surface area (Å²) >= 11 is 0. The van der Waals surface area contributed by atoms with E-state index in [4.69, 9.17) is 9.47 Å². The number of anilines is 1. The van der Waals surface area contributed by atoms with Crippen LogP contribution in [0.5, 0.6) is 5.75 Å². The molecule has 28 heavy (non-hydrogen) atoms. The maximum absolute atomic E-state index is 12.7. The summed E-state index contributed by atoms with van der Waals surface area (Å²) in [7, 11) is 0. The first kappa shape index (κ1) is 19.9. The zero-order valence-electron chi connectivity index (χ0n) is 16.2. The highest BCUT2D eigenvalue weighted by Gasteiger charge is 2.19. The van der Waals surface area contributed by atoms with Gasteiger partial charge in [0.15, 0.2) is 0 Å². The largest absolute Gasteiger partial charge is 0.491 e. The number of carbonyl (C=O) groups is 2. The second kappa shape index (κ2) is 9.37. The van der Waals surface area contributed by atoms with Crippen LogP contribution in [0, 0.1) is 0 Å². The number of amides is 2. The predicted octanol–water partition coefficient (Wildman–Crippen LogP) is 3.63. The summed E-state index contributed by atoms with van der Waals surface area (Å²) in [6.07, 6.45) is 2.06. The van der Waals surface area contributed by atoms with E-state index in [1.54, 1.807) is 42.5 Å². The third-order valence-corrected chi connectivity index (χ3v) is 4.40. The smallest absolute Gasteiger partial charge is 0.255 e. The summed E-state index contributed by atoms with van der Waals surface area (Å²) in [5, 5.41) is 5.72. The van der Waals surface area contributed by atoms with Crippen LogP contribution in [0.1, 0.15) is 47.4 Å². The second-order valence-corrected chi connectivity index (χ2v) is 7.04. The van der Waals surface area contributed by atoms with Gasteiger partial charge < -0.3 is 20.1 Å². The molecule has 2 aromatic carbocycles. The fraction of sp³-hybridized carbons (Fsp3) is 0.364. The van der Waals surface area contributed by atoms with Crippen molar-refractivity contribution in [3.8, 4) is 5.75 Å². The van der Waals surface area contributed by atoms with Gasteiger partial charge in [-0.25, -0.2) is 0 Å². The summed E-state index contributed by atoms with van der Waals surface area (Å²) in [6.45, 7) is 5.07. The summed E-state index contributed by atoms with van der Waals surface area (Å²) in [5.41, 5.74) is 1.35. The molecule has 1 aliphatic rings. The molecule has 2 amide bonds. The van der Waals surface area contributed by atoms with Gasteiger partial charge in [0, 0.05) is 18.7 Å². The summed E-state index contributed by atoms with van der Waals surface area (Å²) < 4.78 is 11.2. The first-order valence-electron chi connectivity index (χ1n) is 9.60. The van der Waals surface area contributed by atoms with Crippen LogP contribution in [0.3, 0.4) is 0 Å². The molecule has 1 unspecified atom stereocenters. The van der Waals surface area contributed by atoms with Gasteiger partial charge in [0.2, 0.25) is 0 Å². The molecule has 0 radical (unpaired) electrons. The SMILES string of the molecule is CC(C)Oc1cccc(C(=O)Nc2ccccc2C(=O)NCC2CCCO2)c1. The number of ether oxygens (including phenoxy) is 2. The van der Waals surface area contributed by atoms with Crippen molar-refractivity contribution in [1.29, 1.82) is 0 Å². The number of nitrogens with one attached hydrogen (secondary N) is 2. The number of para-hydroxylation sites is 1. The highest BCUT2D eigenvalue weighted by atomic mass is 16.5. The minimum Gasteiger partial charge on any atom is -0.491 e. The quantitative estimate of drug-likeness (QED) is 0.767. The van der Waals surface area contributed by atoms with Crippen molar-refractivity contribution in [1.82, 2.24) is 5.32 Å². The Morgan fingerprint density at radius 3 is 2.71 bits per heavy atom. The number of hydrogen-bond donors (Lipinski definition) is 2. The molecule has 6 heteroatoms. The third kappa shape index (κ3) is 5.33. The van der Waals surface area contributed by atoms with Crippen LogP contribution in [-0.4, -0.2) is 37.2 Å². The van der Waals surface area contributed by atoms with Crippen LogP contribution in [0.2, 0.25) is 0 Å². The van der Waals surface area contributed by atoms with Crippen molar-refractivity contribution in [2.24, 2.45) is 0 Å². The molecule has 148 valence electrons. The Bertz CT molecular complexity index is 829. The normalized spacial score (nSPS) is 16.0. The van der Waals surface area contributed by atoms with Crippen LogP contribution in [0.25, 0.3) is 0 Å². The van der Waals surface area contributed by atoms with Gasteiger partial charge in [0.25, 0.3) is 11.8 Å². The Morgan fingerprint density at radius 2 is 1.96 bits per heavy atom. The van der Waals surface area contributed by atoms with E-state index in [1.807, 2.05) is 19.9 Å². The van der Waals surface area contributed by atoms with Gasteiger partial charge in [-0.15, -0.1) is 0 Å². The van der Waals surface area contributed by atoms with E-state index in [1.165, 1.54) is 0 Å². The van der Waals surface area contributed by atoms with Crippen molar-refractivity contribution >= 4 is 17.5 Å². The maximum atomic E-state index is 12.7. The Kier molecular flexibility index (Phi) is 6.66. The van der Waals surface area contributed by atoms with Gasteiger partial charge in [-0.05, 0) is 57.0 Å². The van der Waals surface area contributed by atoms with Gasteiger partial charge in [-0.2, -0.15) is 0 Å². The van der Waals surface area contributed by atoms with E-state index in [0.29, 0.717) is 29.1 Å². The number of rotatable bonds is 7. The van der Waals surface area contributed by atoms with Gasteiger partial charge in [0.1, 0.15) is 5.75 Å². The Balaban J connectivity index is 1.68. The van der Waals surface area contributed by atoms with E-state index in [9.17, 15) is 9.59 Å². The van der Waals surface area contributed by atoms with E-state index >= 15 is 0 Å². The summed E-state index contributed by atoms with van der Waals surface area (Å²) in [4.78, 5) is 25.3. The minimum atomic E-state index is -0.298. The summed E-state index contributed by atoms with van der Waals surface area (Å²) in [5.74, 6) is 0.0992. The van der Waals surface area contributed by atoms with E-state index in [2.05, 4.69) is 10.6 Å². The molecule has 1 saturated heterocycles. The van der Waals surface area contributed by atoms with E-state index in [-0.39, 0.29) is 24.0 Å². The molecular formula is C22H26N2O4. The molecule has 1 heterocycles. The molecule has 2 N–H and O–H groups in total. The Morgan fingerprint density at radius 1 is 1.14 bits per heavy atom. The van der Waals surface area contributed by atoms with Crippen molar-refractivity contribution in [2.45, 2.75) is 38.9 Å². The molecule has 0 saturated carbocycles. The van der Waals surface area contributed by atoms with Crippen LogP contribution >= 0.6 is 0 Å². The van der Waals surface area contributed by atoms with Gasteiger partial charge >= 0.3 is 0 Å². The number of benzene rings is 2. The van der Waals surface area contributed by atoms with Gasteiger partial charge in [0.05, 0.1) is 23.5 Å². The first-order chi connectivity index (χ1) is 13.5. The minimum absolute atomic E-state index is 0.0200. The van der Waals surface area contributed by atoms with E-state index < -0.39 is 0 Å². The zero-order chi connectivity index (χ0) is 19.9. The second-order valence-electron chi connectivity index (χ2n) is 7.04. The topological polar surface area (TPSA) is 76.7 Å². The molecule has 1 atom stereocenters. The lowest BCUT2D eigenvalue weighted by atomic mass is 10.1. The number of carbonyl (C=O) groups excluding carboxylic acids is 2. The van der Waals surface area contributed by atoms with Crippen molar-refractivity contribution in [2.75, 3.05) is 18.5 Å². The van der Waals surface area contributed by atoms with Gasteiger partial charge in [-0.1, -0.05) is 18.2 Å². The molecule has 0 spiro atoms. The van der Waals surface area contributed by atoms with Crippen LogP contribution in [0.4, 0.5) is 5.69 Å². The van der Waals surface area contributed by atoms with Crippen molar-refractivity contribution < 1.29 is 19.1 Å².